The molecule has 0 radical (unpaired) electrons. The Bertz CT molecular complexity index is 1140. The van der Waals surface area contributed by atoms with Crippen LogP contribution < -0.4 is 10.2 Å². The monoisotopic (exact) mass is 552 g/mol. The van der Waals surface area contributed by atoms with Gasteiger partial charge in [0, 0.05) is 34.7 Å². The lowest BCUT2D eigenvalue weighted by atomic mass is 10.2. The number of carbonyl (C=O) groups is 2. The third kappa shape index (κ3) is 5.60. The van der Waals surface area contributed by atoms with Crippen LogP contribution in [0.4, 0.5) is 20.6 Å². The van der Waals surface area contributed by atoms with Crippen LogP contribution in [-0.4, -0.2) is 55.5 Å². The van der Waals surface area contributed by atoms with E-state index in [4.69, 9.17) is 46.4 Å². The Morgan fingerprint density at radius 1 is 1.12 bits per heavy atom. The van der Waals surface area contributed by atoms with Crippen molar-refractivity contribution in [3.63, 3.8) is 0 Å². The second-order valence-electron chi connectivity index (χ2n) is 6.90. The first-order valence-electron chi connectivity index (χ1n) is 9.27. The van der Waals surface area contributed by atoms with Crippen LogP contribution in [0.15, 0.2) is 58.4 Å². The van der Waals surface area contributed by atoms with Crippen molar-refractivity contribution < 1.29 is 18.2 Å². The lowest BCUT2D eigenvalue weighted by molar-refractivity contribution is -0.119. The van der Waals surface area contributed by atoms with E-state index >= 15 is 0 Å². The Hall–Kier alpha value is -1.91. The standard InChI is InChI=1S/C20H17Cl4FN4O3S/c1-28-18(30)17(29(19(28)31)14-9-4-3-8-13(14)25)27-16(15(21)20(22,23)24)26-11-6-5-7-12(10-11)33(2)32/h3-10,15-16,26H,1-2H3. The van der Waals surface area contributed by atoms with Gasteiger partial charge < -0.3 is 5.32 Å². The molecule has 1 N–H and O–H groups in total. The first-order chi connectivity index (χ1) is 15.4. The molecule has 3 unspecified atom stereocenters. The topological polar surface area (TPSA) is 82.1 Å². The van der Waals surface area contributed by atoms with Gasteiger partial charge >= 0.3 is 6.03 Å². The fourth-order valence-corrected chi connectivity index (χ4v) is 3.99. The Balaban J connectivity index is 2.10. The number of hydrogen-bond donors (Lipinski definition) is 1. The largest absolute Gasteiger partial charge is 0.362 e. The number of anilines is 2. The van der Waals surface area contributed by atoms with E-state index in [9.17, 15) is 18.2 Å². The summed E-state index contributed by atoms with van der Waals surface area (Å²) >= 11 is 24.3. The smallest absolute Gasteiger partial charge is 0.337 e. The zero-order valence-electron chi connectivity index (χ0n) is 17.1. The molecule has 0 aliphatic carbocycles. The number of rotatable bonds is 6. The molecule has 3 amide bonds. The van der Waals surface area contributed by atoms with Crippen molar-refractivity contribution in [2.24, 2.45) is 4.99 Å². The van der Waals surface area contributed by atoms with Crippen LogP contribution in [0.25, 0.3) is 0 Å². The highest BCUT2D eigenvalue weighted by molar-refractivity contribution is 7.84. The molecule has 2 aromatic carbocycles. The molecule has 1 fully saturated rings. The lowest BCUT2D eigenvalue weighted by Crippen LogP contribution is -2.41. The van der Waals surface area contributed by atoms with Crippen molar-refractivity contribution in [1.29, 1.82) is 0 Å². The molecule has 33 heavy (non-hydrogen) atoms. The van der Waals surface area contributed by atoms with Gasteiger partial charge in [-0.05, 0) is 30.3 Å². The van der Waals surface area contributed by atoms with Crippen LogP contribution in [0.2, 0.25) is 0 Å². The van der Waals surface area contributed by atoms with E-state index in [-0.39, 0.29) is 5.69 Å². The number of imide groups is 1. The van der Waals surface area contributed by atoms with Crippen molar-refractivity contribution in [2.45, 2.75) is 20.2 Å². The first kappa shape index (κ1) is 25.7. The van der Waals surface area contributed by atoms with Crippen LogP contribution >= 0.6 is 46.4 Å². The van der Waals surface area contributed by atoms with Gasteiger partial charge in [-0.2, -0.15) is 0 Å². The summed E-state index contributed by atoms with van der Waals surface area (Å²) in [4.78, 5) is 31.9. The van der Waals surface area contributed by atoms with Crippen LogP contribution in [-0.2, 0) is 15.6 Å². The molecule has 1 saturated heterocycles. The van der Waals surface area contributed by atoms with E-state index in [1.165, 1.54) is 31.5 Å². The number of amidine groups is 1. The van der Waals surface area contributed by atoms with E-state index in [0.717, 1.165) is 15.9 Å². The third-order valence-corrected chi connectivity index (χ3v) is 7.14. The first-order valence-corrected chi connectivity index (χ1v) is 12.4. The number of hydrogen-bond acceptors (Lipinski definition) is 5. The normalized spacial score (nSPS) is 18.6. The van der Waals surface area contributed by atoms with Gasteiger partial charge in [0.15, 0.2) is 0 Å². The number of halogens is 5. The van der Waals surface area contributed by atoms with Gasteiger partial charge in [0.1, 0.15) is 17.4 Å². The van der Waals surface area contributed by atoms with Crippen LogP contribution in [0.3, 0.4) is 0 Å². The molecule has 0 saturated carbocycles. The van der Waals surface area contributed by atoms with Crippen molar-refractivity contribution in [1.82, 2.24) is 4.90 Å². The molecule has 0 spiro atoms. The van der Waals surface area contributed by atoms with Crippen LogP contribution in [0, 0.1) is 5.82 Å². The molecule has 1 aliphatic heterocycles. The van der Waals surface area contributed by atoms with Gasteiger partial charge in [0.25, 0.3) is 5.91 Å². The number of likely N-dealkylation sites (N-methyl/N-ethyl adjacent to an activating group) is 1. The number of urea groups is 1. The summed E-state index contributed by atoms with van der Waals surface area (Å²) < 4.78 is 24.3. The number of para-hydroxylation sites is 1. The minimum atomic E-state index is -2.03. The van der Waals surface area contributed by atoms with Gasteiger partial charge in [-0.1, -0.05) is 53.0 Å². The van der Waals surface area contributed by atoms with Gasteiger partial charge in [-0.3, -0.25) is 13.9 Å². The Morgan fingerprint density at radius 3 is 2.39 bits per heavy atom. The molecule has 0 aromatic heterocycles. The molecule has 13 heteroatoms. The highest BCUT2D eigenvalue weighted by Gasteiger charge is 2.45. The molecule has 0 bridgehead atoms. The number of nitrogens with one attached hydrogen (secondary N) is 1. The van der Waals surface area contributed by atoms with E-state index in [0.29, 0.717) is 10.6 Å². The van der Waals surface area contributed by atoms with E-state index in [1.807, 2.05) is 0 Å². The molecule has 3 rings (SSSR count). The number of nitrogens with zero attached hydrogens (tertiary/aromatic N) is 3. The van der Waals surface area contributed by atoms with E-state index in [1.54, 1.807) is 24.3 Å². The zero-order valence-corrected chi connectivity index (χ0v) is 21.0. The lowest BCUT2D eigenvalue weighted by Gasteiger charge is -2.27. The SMILES string of the molecule is CN1C(=O)C(=NC(Nc2cccc(S(C)=O)c2)C(Cl)C(Cl)(Cl)Cl)N(c2ccccc2F)C1=O. The maximum absolute atomic E-state index is 14.5. The highest BCUT2D eigenvalue weighted by Crippen LogP contribution is 2.37. The predicted octanol–water partition coefficient (Wildman–Crippen LogP) is 4.78. The van der Waals surface area contributed by atoms with Crippen LogP contribution in [0.1, 0.15) is 0 Å². The van der Waals surface area contributed by atoms with Crippen molar-refractivity contribution in [3.8, 4) is 0 Å². The number of alkyl halides is 4. The quantitative estimate of drug-likeness (QED) is 0.412. The van der Waals surface area contributed by atoms with Crippen LogP contribution in [0.5, 0.6) is 0 Å². The predicted molar refractivity (Wildman–Crippen MR) is 131 cm³/mol. The number of carbonyl (C=O) groups excluding carboxylic acids is 2. The maximum atomic E-state index is 14.5. The summed E-state index contributed by atoms with van der Waals surface area (Å²) in [5.41, 5.74) is 0.237. The van der Waals surface area contributed by atoms with Gasteiger partial charge in [0.2, 0.25) is 9.63 Å². The summed E-state index contributed by atoms with van der Waals surface area (Å²) in [5, 5.41) is 1.60. The summed E-state index contributed by atoms with van der Waals surface area (Å²) in [5.74, 6) is -1.96. The second-order valence-corrected chi connectivity index (χ2v) is 11.1. The Morgan fingerprint density at radius 2 is 1.79 bits per heavy atom. The highest BCUT2D eigenvalue weighted by atomic mass is 35.6. The Labute approximate surface area is 211 Å². The molecule has 7 nitrogen and oxygen atoms in total. The number of aliphatic imine (C=N–C) groups is 1. The average Bonchev–Trinajstić information content (AvgIpc) is 2.96. The maximum Gasteiger partial charge on any atom is 0.337 e. The summed E-state index contributed by atoms with van der Waals surface area (Å²) in [6.45, 7) is 0. The molecular weight excluding hydrogens is 537 g/mol. The minimum absolute atomic E-state index is 0.180. The molecule has 3 atom stereocenters. The van der Waals surface area contributed by atoms with Crippen molar-refractivity contribution in [3.05, 3.63) is 54.3 Å². The van der Waals surface area contributed by atoms with Gasteiger partial charge in [-0.25, -0.2) is 19.1 Å². The summed E-state index contributed by atoms with van der Waals surface area (Å²) in [7, 11) is -0.0439. The fourth-order valence-electron chi connectivity index (χ4n) is 2.95. The van der Waals surface area contributed by atoms with Crippen molar-refractivity contribution >= 4 is 86.4 Å². The zero-order chi connectivity index (χ0) is 24.5. The number of benzene rings is 2. The molecule has 1 heterocycles. The van der Waals surface area contributed by atoms with E-state index < -0.39 is 49.7 Å². The average molecular weight is 554 g/mol. The molecule has 2 aromatic rings. The fraction of sp³-hybridized carbons (Fsp3) is 0.250. The van der Waals surface area contributed by atoms with Crippen molar-refractivity contribution in [2.75, 3.05) is 23.5 Å². The minimum Gasteiger partial charge on any atom is -0.362 e. The summed E-state index contributed by atoms with van der Waals surface area (Å²) in [6.07, 6.45) is 0.250. The molecular formula is C20H17Cl4FN4O3S. The van der Waals surface area contributed by atoms with Gasteiger partial charge in [0.05, 0.1) is 5.69 Å². The second kappa shape index (κ2) is 10.1. The van der Waals surface area contributed by atoms with Gasteiger partial charge in [-0.15, -0.1) is 11.6 Å². The number of amides is 3. The summed E-state index contributed by atoms with van der Waals surface area (Å²) in [6, 6.07) is 11.1. The Kier molecular flexibility index (Phi) is 7.91. The molecule has 1 aliphatic rings. The third-order valence-electron chi connectivity index (χ3n) is 4.61. The molecule has 176 valence electrons. The van der Waals surface area contributed by atoms with E-state index in [2.05, 4.69) is 10.3 Å².